The summed E-state index contributed by atoms with van der Waals surface area (Å²) in [6.07, 6.45) is 1.86. The van der Waals surface area contributed by atoms with Crippen LogP contribution < -0.4 is 11.1 Å². The molecule has 0 bridgehead atoms. The van der Waals surface area contributed by atoms with Crippen molar-refractivity contribution in [3.8, 4) is 10.6 Å². The van der Waals surface area contributed by atoms with Crippen LogP contribution in [-0.4, -0.2) is 34.9 Å². The number of pyridine rings is 1. The van der Waals surface area contributed by atoms with E-state index in [1.807, 2.05) is 25.1 Å². The van der Waals surface area contributed by atoms with Gasteiger partial charge in [0.2, 0.25) is 0 Å². The summed E-state index contributed by atoms with van der Waals surface area (Å²) in [4.78, 5) is 5.48. The van der Waals surface area contributed by atoms with Crippen molar-refractivity contribution < 1.29 is 4.74 Å². The van der Waals surface area contributed by atoms with E-state index in [-0.39, 0.29) is 6.10 Å². The van der Waals surface area contributed by atoms with Crippen LogP contribution in [0.1, 0.15) is 6.92 Å². The molecule has 0 saturated heterocycles. The van der Waals surface area contributed by atoms with Gasteiger partial charge in [-0.15, -0.1) is 11.3 Å². The minimum atomic E-state index is 0.126. The first kappa shape index (κ1) is 13.8. The van der Waals surface area contributed by atoms with Crippen LogP contribution in [-0.2, 0) is 4.74 Å². The molecule has 4 N–H and O–H groups in total. The minimum absolute atomic E-state index is 0.126. The van der Waals surface area contributed by atoms with Crippen molar-refractivity contribution in [2.45, 2.75) is 13.0 Å². The van der Waals surface area contributed by atoms with Crippen molar-refractivity contribution in [2.75, 3.05) is 24.7 Å². The third-order valence-corrected chi connectivity index (χ3v) is 4.44. The number of H-pyrrole nitrogens is 1. The fourth-order valence-corrected chi connectivity index (χ4v) is 3.10. The second kappa shape index (κ2) is 5.71. The van der Waals surface area contributed by atoms with Gasteiger partial charge in [-0.3, -0.25) is 5.10 Å². The van der Waals surface area contributed by atoms with Gasteiger partial charge in [0.1, 0.15) is 5.82 Å². The number of hydrogen-bond donors (Lipinski definition) is 3. The van der Waals surface area contributed by atoms with Crippen LogP contribution >= 0.6 is 11.3 Å². The number of aromatic nitrogens is 3. The molecule has 0 aliphatic heterocycles. The summed E-state index contributed by atoms with van der Waals surface area (Å²) in [5.74, 6) is 0.504. The lowest BCUT2D eigenvalue weighted by Crippen LogP contribution is -2.18. The third kappa shape index (κ3) is 2.84. The number of nitrogens with zero attached hydrogens (tertiary/aromatic N) is 2. The molecule has 7 heteroatoms. The van der Waals surface area contributed by atoms with E-state index in [0.29, 0.717) is 12.4 Å². The molecule has 0 aliphatic rings. The highest BCUT2D eigenvalue weighted by Gasteiger charge is 2.12. The van der Waals surface area contributed by atoms with E-state index >= 15 is 0 Å². The van der Waals surface area contributed by atoms with Gasteiger partial charge in [0.15, 0.2) is 0 Å². The summed E-state index contributed by atoms with van der Waals surface area (Å²) in [7, 11) is 1.70. The summed E-state index contributed by atoms with van der Waals surface area (Å²) < 4.78 is 6.34. The first-order chi connectivity index (χ1) is 10.2. The van der Waals surface area contributed by atoms with Crippen molar-refractivity contribution in [1.82, 2.24) is 15.2 Å². The number of nitrogen functional groups attached to an aromatic ring is 1. The maximum Gasteiger partial charge on any atom is 0.126 e. The van der Waals surface area contributed by atoms with Crippen LogP contribution in [0.5, 0.6) is 0 Å². The van der Waals surface area contributed by atoms with Crippen LogP contribution in [0.2, 0.25) is 0 Å². The summed E-state index contributed by atoms with van der Waals surface area (Å²) in [6.45, 7) is 2.73. The highest BCUT2D eigenvalue weighted by Crippen LogP contribution is 2.36. The Morgan fingerprint density at radius 1 is 1.48 bits per heavy atom. The Morgan fingerprint density at radius 3 is 3.05 bits per heavy atom. The van der Waals surface area contributed by atoms with Gasteiger partial charge in [-0.2, -0.15) is 5.10 Å². The second-order valence-electron chi connectivity index (χ2n) is 4.82. The molecular weight excluding hydrogens is 286 g/mol. The zero-order chi connectivity index (χ0) is 14.8. The fraction of sp³-hybridized carbons (Fsp3) is 0.286. The molecule has 1 atom stereocenters. The SMILES string of the molecule is COC(C)CNc1cc(N)nc2cc(-c3ccn[nH]3)sc12. The molecule has 0 fully saturated rings. The molecule has 1 unspecified atom stereocenters. The summed E-state index contributed by atoms with van der Waals surface area (Å²) in [5, 5.41) is 10.3. The zero-order valence-electron chi connectivity index (χ0n) is 11.9. The highest BCUT2D eigenvalue weighted by atomic mass is 32.1. The molecule has 3 heterocycles. The molecule has 0 radical (unpaired) electrons. The Hall–Kier alpha value is -2.12. The zero-order valence-corrected chi connectivity index (χ0v) is 12.7. The summed E-state index contributed by atoms with van der Waals surface area (Å²) >= 11 is 1.66. The lowest BCUT2D eigenvalue weighted by atomic mass is 10.3. The van der Waals surface area contributed by atoms with Crippen molar-refractivity contribution >= 4 is 33.1 Å². The number of anilines is 2. The molecule has 0 aliphatic carbocycles. The second-order valence-corrected chi connectivity index (χ2v) is 5.87. The molecule has 110 valence electrons. The van der Waals surface area contributed by atoms with Gasteiger partial charge in [-0.05, 0) is 19.1 Å². The van der Waals surface area contributed by atoms with Gasteiger partial charge in [0, 0.05) is 25.9 Å². The number of nitrogens with two attached hydrogens (primary N) is 1. The van der Waals surface area contributed by atoms with Gasteiger partial charge >= 0.3 is 0 Å². The maximum absolute atomic E-state index is 5.89. The Balaban J connectivity index is 1.99. The first-order valence-corrected chi connectivity index (χ1v) is 7.45. The van der Waals surface area contributed by atoms with E-state index in [2.05, 4.69) is 20.5 Å². The van der Waals surface area contributed by atoms with Crippen molar-refractivity contribution in [3.63, 3.8) is 0 Å². The molecule has 0 aromatic carbocycles. The van der Waals surface area contributed by atoms with Gasteiger partial charge in [-0.1, -0.05) is 0 Å². The van der Waals surface area contributed by atoms with E-state index in [1.165, 1.54) is 0 Å². The molecule has 3 rings (SSSR count). The van der Waals surface area contributed by atoms with Crippen LogP contribution in [0.3, 0.4) is 0 Å². The summed E-state index contributed by atoms with van der Waals surface area (Å²) in [5.41, 5.74) is 8.74. The van der Waals surface area contributed by atoms with Crippen molar-refractivity contribution in [1.29, 1.82) is 0 Å². The van der Waals surface area contributed by atoms with E-state index in [9.17, 15) is 0 Å². The average Bonchev–Trinajstić information content (AvgIpc) is 3.12. The molecular formula is C14H17N5OS. The number of aromatic amines is 1. The topological polar surface area (TPSA) is 88.8 Å². The predicted octanol–water partition coefficient (Wildman–Crippen LogP) is 2.72. The minimum Gasteiger partial charge on any atom is -0.384 e. The number of fused-ring (bicyclic) bond motifs is 1. The third-order valence-electron chi connectivity index (χ3n) is 3.25. The smallest absolute Gasteiger partial charge is 0.126 e. The normalized spacial score (nSPS) is 12.7. The molecule has 3 aromatic heterocycles. The fourth-order valence-electron chi connectivity index (χ4n) is 2.04. The Kier molecular flexibility index (Phi) is 3.76. The number of nitrogens with one attached hydrogen (secondary N) is 2. The van der Waals surface area contributed by atoms with Gasteiger partial charge < -0.3 is 15.8 Å². The number of hydrogen-bond acceptors (Lipinski definition) is 6. The van der Waals surface area contributed by atoms with Crippen molar-refractivity contribution in [2.24, 2.45) is 0 Å². The molecule has 0 saturated carbocycles. The van der Waals surface area contributed by atoms with Gasteiger partial charge in [0.05, 0.1) is 32.6 Å². The molecule has 6 nitrogen and oxygen atoms in total. The van der Waals surface area contributed by atoms with Gasteiger partial charge in [-0.25, -0.2) is 4.98 Å². The quantitative estimate of drug-likeness (QED) is 0.674. The van der Waals surface area contributed by atoms with Crippen LogP contribution in [0.15, 0.2) is 24.4 Å². The monoisotopic (exact) mass is 303 g/mol. The number of thiophene rings is 1. The van der Waals surface area contributed by atoms with E-state index < -0.39 is 0 Å². The standard InChI is InChI=1S/C14H17N5OS/c1-8(20-2)7-16-10-6-13(15)18-11-5-12(21-14(10)11)9-3-4-17-19-9/h3-6,8H,7H2,1-2H3,(H,17,19)(H3,15,16,18). The number of methoxy groups -OCH3 is 1. The lowest BCUT2D eigenvalue weighted by Gasteiger charge is -2.12. The Labute approximate surface area is 126 Å². The predicted molar refractivity (Wildman–Crippen MR) is 86.6 cm³/mol. The average molecular weight is 303 g/mol. The lowest BCUT2D eigenvalue weighted by molar-refractivity contribution is 0.129. The Bertz CT molecular complexity index is 737. The highest BCUT2D eigenvalue weighted by molar-refractivity contribution is 7.22. The molecule has 0 amide bonds. The first-order valence-electron chi connectivity index (χ1n) is 6.64. The summed E-state index contributed by atoms with van der Waals surface area (Å²) in [6, 6.07) is 5.82. The van der Waals surface area contributed by atoms with Crippen molar-refractivity contribution in [3.05, 3.63) is 24.4 Å². The Morgan fingerprint density at radius 2 is 2.33 bits per heavy atom. The number of ether oxygens (including phenoxy) is 1. The molecule has 3 aromatic rings. The van der Waals surface area contributed by atoms with E-state index in [0.717, 1.165) is 26.5 Å². The number of rotatable bonds is 5. The largest absolute Gasteiger partial charge is 0.384 e. The van der Waals surface area contributed by atoms with E-state index in [1.54, 1.807) is 24.6 Å². The molecule has 0 spiro atoms. The van der Waals surface area contributed by atoms with E-state index in [4.69, 9.17) is 10.5 Å². The molecule has 21 heavy (non-hydrogen) atoms. The van der Waals surface area contributed by atoms with Crippen LogP contribution in [0.4, 0.5) is 11.5 Å². The van der Waals surface area contributed by atoms with Gasteiger partial charge in [0.25, 0.3) is 0 Å². The van der Waals surface area contributed by atoms with Crippen LogP contribution in [0, 0.1) is 0 Å². The van der Waals surface area contributed by atoms with Crippen LogP contribution in [0.25, 0.3) is 20.8 Å². The maximum atomic E-state index is 5.89.